The Balaban J connectivity index is 3.46. The van der Waals surface area contributed by atoms with Crippen molar-refractivity contribution < 1.29 is 13.7 Å². The number of nitriles is 1. The van der Waals surface area contributed by atoms with Gasteiger partial charge in [0.25, 0.3) is 6.43 Å². The SMILES string of the molecule is N#Cc1cc(C(F)F)nc(Br)c1[N+](=O)[O-]. The fourth-order valence-electron chi connectivity index (χ4n) is 0.897. The predicted octanol–water partition coefficient (Wildman–Crippen LogP) is 2.56. The second-order valence-electron chi connectivity index (χ2n) is 2.40. The molecule has 0 aliphatic heterocycles. The van der Waals surface area contributed by atoms with Gasteiger partial charge in [-0.25, -0.2) is 13.8 Å². The molecular formula is C7H2BrF2N3O2. The van der Waals surface area contributed by atoms with Crippen molar-refractivity contribution in [2.24, 2.45) is 0 Å². The Morgan fingerprint density at radius 3 is 2.67 bits per heavy atom. The normalized spacial score (nSPS) is 10.1. The zero-order valence-corrected chi connectivity index (χ0v) is 8.53. The molecule has 0 amide bonds. The number of hydrogen-bond donors (Lipinski definition) is 0. The van der Waals surface area contributed by atoms with Crippen LogP contribution in [-0.4, -0.2) is 9.91 Å². The summed E-state index contributed by atoms with van der Waals surface area (Å²) in [4.78, 5) is 12.9. The topological polar surface area (TPSA) is 79.8 Å². The first-order valence-corrected chi connectivity index (χ1v) is 4.29. The van der Waals surface area contributed by atoms with Crippen LogP contribution in [0.4, 0.5) is 14.5 Å². The van der Waals surface area contributed by atoms with Gasteiger partial charge in [-0.3, -0.25) is 10.1 Å². The summed E-state index contributed by atoms with van der Waals surface area (Å²) in [6.07, 6.45) is -2.88. The van der Waals surface area contributed by atoms with Gasteiger partial charge in [0.1, 0.15) is 17.3 Å². The third kappa shape index (κ3) is 2.24. The Morgan fingerprint density at radius 1 is 1.67 bits per heavy atom. The number of aromatic nitrogens is 1. The van der Waals surface area contributed by atoms with E-state index in [1.165, 1.54) is 6.07 Å². The summed E-state index contributed by atoms with van der Waals surface area (Å²) in [5.41, 5.74) is -1.73. The summed E-state index contributed by atoms with van der Waals surface area (Å²) in [5.74, 6) is 0. The lowest BCUT2D eigenvalue weighted by Crippen LogP contribution is -2.00. The van der Waals surface area contributed by atoms with Crippen molar-refractivity contribution in [2.75, 3.05) is 0 Å². The molecule has 78 valence electrons. The number of pyridine rings is 1. The van der Waals surface area contributed by atoms with E-state index in [0.29, 0.717) is 6.07 Å². The van der Waals surface area contributed by atoms with Gasteiger partial charge < -0.3 is 0 Å². The summed E-state index contributed by atoms with van der Waals surface area (Å²) >= 11 is 2.67. The Labute approximate surface area is 90.6 Å². The third-order valence-electron chi connectivity index (χ3n) is 1.50. The summed E-state index contributed by atoms with van der Waals surface area (Å²) in [6.45, 7) is 0. The van der Waals surface area contributed by atoms with E-state index in [1.54, 1.807) is 0 Å². The standard InChI is InChI=1S/C7H2BrF2N3O2/c8-6-5(13(14)15)3(2-11)1-4(12-6)7(9)10/h1,7H. The van der Waals surface area contributed by atoms with E-state index in [0.717, 1.165) is 0 Å². The lowest BCUT2D eigenvalue weighted by molar-refractivity contribution is -0.386. The average Bonchev–Trinajstić information content (AvgIpc) is 2.15. The van der Waals surface area contributed by atoms with Crippen LogP contribution >= 0.6 is 15.9 Å². The molecule has 1 rings (SSSR count). The van der Waals surface area contributed by atoms with E-state index in [2.05, 4.69) is 20.9 Å². The first-order chi connectivity index (χ1) is 6.97. The minimum absolute atomic E-state index is 0.373. The van der Waals surface area contributed by atoms with Crippen LogP contribution < -0.4 is 0 Å². The van der Waals surface area contributed by atoms with E-state index in [1.807, 2.05) is 0 Å². The van der Waals surface area contributed by atoms with E-state index < -0.39 is 28.3 Å². The van der Waals surface area contributed by atoms with Crippen molar-refractivity contribution in [3.63, 3.8) is 0 Å². The van der Waals surface area contributed by atoms with Crippen LogP contribution in [0.15, 0.2) is 10.7 Å². The maximum absolute atomic E-state index is 12.2. The van der Waals surface area contributed by atoms with Gasteiger partial charge in [-0.1, -0.05) is 0 Å². The molecule has 0 aliphatic rings. The van der Waals surface area contributed by atoms with Gasteiger partial charge in [0.2, 0.25) is 0 Å². The maximum Gasteiger partial charge on any atom is 0.319 e. The molecule has 0 aromatic carbocycles. The Hall–Kier alpha value is -1.62. The van der Waals surface area contributed by atoms with E-state index in [-0.39, 0.29) is 4.60 Å². The Morgan fingerprint density at radius 2 is 2.27 bits per heavy atom. The molecule has 0 unspecified atom stereocenters. The van der Waals surface area contributed by atoms with Crippen molar-refractivity contribution in [3.8, 4) is 6.07 Å². The fraction of sp³-hybridized carbons (Fsp3) is 0.143. The maximum atomic E-state index is 12.2. The van der Waals surface area contributed by atoms with Gasteiger partial charge in [0.15, 0.2) is 4.60 Å². The number of nitrogens with zero attached hydrogens (tertiary/aromatic N) is 3. The van der Waals surface area contributed by atoms with Crippen molar-refractivity contribution in [1.82, 2.24) is 4.98 Å². The van der Waals surface area contributed by atoms with Crippen molar-refractivity contribution in [1.29, 1.82) is 5.26 Å². The number of alkyl halides is 2. The summed E-state index contributed by atoms with van der Waals surface area (Å²) in [7, 11) is 0. The second kappa shape index (κ2) is 4.27. The number of halogens is 3. The molecule has 0 bridgehead atoms. The van der Waals surface area contributed by atoms with Gasteiger partial charge in [-0.2, -0.15) is 5.26 Å². The van der Waals surface area contributed by atoms with Crippen LogP contribution in [0.3, 0.4) is 0 Å². The van der Waals surface area contributed by atoms with Crippen molar-refractivity contribution >= 4 is 21.6 Å². The smallest absolute Gasteiger partial charge is 0.258 e. The van der Waals surface area contributed by atoms with Crippen LogP contribution in [0.1, 0.15) is 17.7 Å². The fourth-order valence-corrected chi connectivity index (χ4v) is 1.46. The molecule has 1 aromatic rings. The molecule has 8 heteroatoms. The number of hydrogen-bond acceptors (Lipinski definition) is 4. The minimum Gasteiger partial charge on any atom is -0.258 e. The highest BCUT2D eigenvalue weighted by Gasteiger charge is 2.23. The minimum atomic E-state index is -2.88. The molecule has 0 spiro atoms. The third-order valence-corrected chi connectivity index (χ3v) is 2.05. The molecule has 0 N–H and O–H groups in total. The molecule has 5 nitrogen and oxygen atoms in total. The number of nitro groups is 1. The van der Waals surface area contributed by atoms with Crippen LogP contribution in [0.2, 0.25) is 0 Å². The summed E-state index contributed by atoms with van der Waals surface area (Å²) in [6, 6.07) is 2.17. The molecule has 0 saturated carbocycles. The van der Waals surface area contributed by atoms with Gasteiger partial charge in [0.05, 0.1) is 4.92 Å². The Kier molecular flexibility index (Phi) is 3.26. The molecule has 0 radical (unpaired) electrons. The summed E-state index contributed by atoms with van der Waals surface area (Å²) < 4.78 is 24.1. The van der Waals surface area contributed by atoms with Crippen molar-refractivity contribution in [2.45, 2.75) is 6.43 Å². The van der Waals surface area contributed by atoms with Gasteiger partial charge in [0, 0.05) is 0 Å². The van der Waals surface area contributed by atoms with E-state index in [4.69, 9.17) is 5.26 Å². The zero-order chi connectivity index (χ0) is 11.6. The highest BCUT2D eigenvalue weighted by molar-refractivity contribution is 9.10. The summed E-state index contributed by atoms with van der Waals surface area (Å²) in [5, 5.41) is 19.0. The van der Waals surface area contributed by atoms with E-state index in [9.17, 15) is 18.9 Å². The largest absolute Gasteiger partial charge is 0.319 e. The monoisotopic (exact) mass is 277 g/mol. The quantitative estimate of drug-likeness (QED) is 0.473. The lowest BCUT2D eigenvalue weighted by atomic mass is 10.2. The molecule has 1 aromatic heterocycles. The van der Waals surface area contributed by atoms with Crippen LogP contribution in [-0.2, 0) is 0 Å². The number of rotatable bonds is 2. The van der Waals surface area contributed by atoms with E-state index >= 15 is 0 Å². The molecule has 0 aliphatic carbocycles. The van der Waals surface area contributed by atoms with Crippen molar-refractivity contribution in [3.05, 3.63) is 32.0 Å². The lowest BCUT2D eigenvalue weighted by Gasteiger charge is -2.01. The van der Waals surface area contributed by atoms with Gasteiger partial charge >= 0.3 is 5.69 Å². The first kappa shape index (κ1) is 11.5. The van der Waals surface area contributed by atoms with Crippen LogP contribution in [0.25, 0.3) is 0 Å². The molecule has 0 fully saturated rings. The first-order valence-electron chi connectivity index (χ1n) is 3.50. The highest BCUT2D eigenvalue weighted by atomic mass is 79.9. The second-order valence-corrected chi connectivity index (χ2v) is 3.15. The predicted molar refractivity (Wildman–Crippen MR) is 48.3 cm³/mol. The zero-order valence-electron chi connectivity index (χ0n) is 6.95. The van der Waals surface area contributed by atoms with Gasteiger partial charge in [-0.05, 0) is 22.0 Å². The Bertz CT molecular complexity index is 458. The molecule has 0 atom stereocenters. The highest BCUT2D eigenvalue weighted by Crippen LogP contribution is 2.30. The molecule has 0 saturated heterocycles. The average molecular weight is 278 g/mol. The van der Waals surface area contributed by atoms with Gasteiger partial charge in [-0.15, -0.1) is 0 Å². The van der Waals surface area contributed by atoms with Crippen LogP contribution in [0.5, 0.6) is 0 Å². The molecule has 1 heterocycles. The molecular weight excluding hydrogens is 276 g/mol. The molecule has 15 heavy (non-hydrogen) atoms. The van der Waals surface area contributed by atoms with Crippen LogP contribution in [0, 0.1) is 21.4 Å².